The van der Waals surface area contributed by atoms with Crippen LogP contribution in [0.1, 0.15) is 51.4 Å². The maximum absolute atomic E-state index is 10.1. The van der Waals surface area contributed by atoms with Crippen molar-refractivity contribution in [1.29, 1.82) is 0 Å². The Kier molecular flexibility index (Phi) is 17.7. The van der Waals surface area contributed by atoms with Crippen LogP contribution < -0.4 is 0 Å². The van der Waals surface area contributed by atoms with Crippen molar-refractivity contribution in [3.63, 3.8) is 0 Å². The molecule has 5 heteroatoms. The number of carbonyl (C=O) groups is 2. The van der Waals surface area contributed by atoms with E-state index in [1.807, 2.05) is 0 Å². The van der Waals surface area contributed by atoms with Gasteiger partial charge < -0.3 is 10.2 Å². The van der Waals surface area contributed by atoms with E-state index in [1.54, 1.807) is 0 Å². The van der Waals surface area contributed by atoms with Crippen LogP contribution >= 0.6 is 0 Å². The van der Waals surface area contributed by atoms with Gasteiger partial charge in [0.25, 0.3) is 0 Å². The molecular weight excluding hydrogens is 327 g/mol. The van der Waals surface area contributed by atoms with Gasteiger partial charge in [0.15, 0.2) is 0 Å². The van der Waals surface area contributed by atoms with Gasteiger partial charge in [-0.05, 0) is 12.8 Å². The van der Waals surface area contributed by atoms with Crippen LogP contribution in [-0.4, -0.2) is 43.3 Å². The topological polar surface area (TPSA) is 74.6 Å². The van der Waals surface area contributed by atoms with E-state index in [2.05, 4.69) is 9.88 Å². The monoisotopic (exact) mass is 352 g/mol. The summed E-state index contributed by atoms with van der Waals surface area (Å²) >= 11 is 0.230. The van der Waals surface area contributed by atoms with E-state index in [1.165, 1.54) is 0 Å². The fourth-order valence-electron chi connectivity index (χ4n) is 1.26. The number of carboxylic acids is 2. The Morgan fingerprint density at radius 3 is 1.24 bits per heavy atom. The quantitative estimate of drug-likeness (QED) is 0.495. The van der Waals surface area contributed by atoms with Crippen molar-refractivity contribution in [2.24, 2.45) is 0 Å². The van der Waals surface area contributed by atoms with Crippen LogP contribution in [0, 0.1) is 0 Å². The first-order chi connectivity index (χ1) is 8.04. The van der Waals surface area contributed by atoms with E-state index in [-0.39, 0.29) is 34.0 Å². The zero-order chi connectivity index (χ0) is 13.5. The van der Waals surface area contributed by atoms with Gasteiger partial charge in [-0.2, -0.15) is 0 Å². The average Bonchev–Trinajstić information content (AvgIpc) is 2.22. The predicted octanol–water partition coefficient (Wildman–Crippen LogP) is 3.06. The van der Waals surface area contributed by atoms with Crippen molar-refractivity contribution >= 4 is 33.1 Å². The summed E-state index contributed by atoms with van der Waals surface area (Å²) in [7, 11) is 0. The Morgan fingerprint density at radius 2 is 1.00 bits per heavy atom. The van der Waals surface area contributed by atoms with Crippen LogP contribution in [0.5, 0.6) is 0 Å². The molecule has 2 radical (unpaired) electrons. The van der Waals surface area contributed by atoms with E-state index in [4.69, 9.17) is 10.2 Å². The van der Waals surface area contributed by atoms with Gasteiger partial charge in [0, 0.05) is 12.8 Å². The van der Waals surface area contributed by atoms with E-state index in [0.29, 0.717) is 0 Å². The number of carboxylic acid groups (broad SMARTS) is 2. The summed E-state index contributed by atoms with van der Waals surface area (Å²) in [6.45, 7) is 0. The summed E-state index contributed by atoms with van der Waals surface area (Å²) in [5, 5.41) is 16.7. The van der Waals surface area contributed by atoms with E-state index < -0.39 is 11.9 Å². The molecule has 0 aromatic carbocycles. The molecular formula is C12H24O4Sn. The predicted molar refractivity (Wildman–Crippen MR) is 69.7 cm³/mol. The molecule has 0 aliphatic heterocycles. The molecule has 100 valence electrons. The van der Waals surface area contributed by atoms with Gasteiger partial charge in [-0.3, -0.25) is 9.59 Å². The zero-order valence-electron chi connectivity index (χ0n) is 10.9. The van der Waals surface area contributed by atoms with E-state index >= 15 is 0 Å². The Bertz CT molecular complexity index is 175. The van der Waals surface area contributed by atoms with Crippen molar-refractivity contribution in [1.82, 2.24) is 0 Å². The summed E-state index contributed by atoms with van der Waals surface area (Å²) in [4.78, 5) is 24.9. The second-order valence-corrected chi connectivity index (χ2v) is 6.76. The van der Waals surface area contributed by atoms with Gasteiger partial charge >= 0.3 is 43.0 Å². The van der Waals surface area contributed by atoms with Crippen LogP contribution in [0.15, 0.2) is 0 Å². The molecule has 0 unspecified atom stereocenters. The second-order valence-electron chi connectivity index (χ2n) is 3.91. The molecule has 0 rings (SSSR count). The second kappa shape index (κ2) is 15.7. The molecule has 0 saturated carbocycles. The van der Waals surface area contributed by atoms with Crippen molar-refractivity contribution in [3.8, 4) is 0 Å². The summed E-state index contributed by atoms with van der Waals surface area (Å²) in [5.74, 6) is -1.48. The van der Waals surface area contributed by atoms with Gasteiger partial charge in [0.2, 0.25) is 0 Å². The van der Waals surface area contributed by atoms with Gasteiger partial charge in [0.1, 0.15) is 0 Å². The molecule has 0 aromatic rings. The Hall–Kier alpha value is -0.261. The molecule has 0 bridgehead atoms. The molecule has 0 heterocycles. The van der Waals surface area contributed by atoms with Gasteiger partial charge in [0.05, 0.1) is 0 Å². The number of hydrogen-bond donors (Lipinski definition) is 2. The number of rotatable bonds is 9. The minimum atomic E-state index is -0.740. The molecule has 0 amide bonds. The molecule has 4 nitrogen and oxygen atoms in total. The molecule has 0 aliphatic carbocycles. The normalized spacial score (nSPS) is 9.29. The van der Waals surface area contributed by atoms with Gasteiger partial charge in [-0.15, -0.1) is 0 Å². The SMILES string of the molecule is O=C(O)CCCCCCCCC(=O)O.[CH3][Sn][CH3]. The standard InChI is InChI=1S/C10H18O4.2CH3.Sn/c11-9(12)7-5-3-1-2-4-6-8-10(13)14;;;/h1-8H2,(H,11,12)(H,13,14);2*1H3;. The van der Waals surface area contributed by atoms with E-state index in [9.17, 15) is 9.59 Å². The third kappa shape index (κ3) is 25.8. The number of hydrogen-bond acceptors (Lipinski definition) is 2. The first-order valence-electron chi connectivity index (χ1n) is 6.06. The van der Waals surface area contributed by atoms with Crippen molar-refractivity contribution in [2.75, 3.05) is 0 Å². The Morgan fingerprint density at radius 1 is 0.765 bits per heavy atom. The Labute approximate surface area is 114 Å². The van der Waals surface area contributed by atoms with Crippen LogP contribution in [0.4, 0.5) is 0 Å². The summed E-state index contributed by atoms with van der Waals surface area (Å²) in [6, 6.07) is 0. The molecule has 0 fully saturated rings. The summed E-state index contributed by atoms with van der Waals surface area (Å²) in [5.41, 5.74) is 0. The van der Waals surface area contributed by atoms with Crippen LogP contribution in [0.3, 0.4) is 0 Å². The molecule has 0 atom stereocenters. The van der Waals surface area contributed by atoms with Crippen LogP contribution in [0.2, 0.25) is 9.88 Å². The Balaban J connectivity index is 0. The first kappa shape index (κ1) is 19.1. The first-order valence-corrected chi connectivity index (χ1v) is 11.8. The van der Waals surface area contributed by atoms with Crippen molar-refractivity contribution < 1.29 is 19.8 Å². The number of aliphatic carboxylic acids is 2. The fourth-order valence-corrected chi connectivity index (χ4v) is 1.26. The molecule has 17 heavy (non-hydrogen) atoms. The van der Waals surface area contributed by atoms with Crippen LogP contribution in [-0.2, 0) is 9.59 Å². The van der Waals surface area contributed by atoms with Crippen molar-refractivity contribution in [2.45, 2.75) is 61.2 Å². The van der Waals surface area contributed by atoms with Gasteiger partial charge in [-0.25, -0.2) is 0 Å². The fraction of sp³-hybridized carbons (Fsp3) is 0.833. The van der Waals surface area contributed by atoms with E-state index in [0.717, 1.165) is 38.5 Å². The molecule has 0 aromatic heterocycles. The van der Waals surface area contributed by atoms with Gasteiger partial charge in [-0.1, -0.05) is 25.7 Å². The summed E-state index contributed by atoms with van der Waals surface area (Å²) in [6.07, 6.45) is 5.82. The minimum absolute atomic E-state index is 0.230. The third-order valence-corrected chi connectivity index (χ3v) is 2.03. The molecule has 0 spiro atoms. The summed E-state index contributed by atoms with van der Waals surface area (Å²) < 4.78 is 0. The number of unbranched alkanes of at least 4 members (excludes halogenated alkanes) is 5. The molecule has 0 saturated heterocycles. The average molecular weight is 351 g/mol. The van der Waals surface area contributed by atoms with Crippen LogP contribution in [0.25, 0.3) is 0 Å². The third-order valence-electron chi connectivity index (χ3n) is 2.03. The molecule has 2 N–H and O–H groups in total. The maximum atomic E-state index is 10.1. The molecule has 0 aliphatic rings. The van der Waals surface area contributed by atoms with Crippen molar-refractivity contribution in [3.05, 3.63) is 0 Å². The zero-order valence-corrected chi connectivity index (χ0v) is 13.7.